The predicted molar refractivity (Wildman–Crippen MR) is 66.2 cm³/mol. The first kappa shape index (κ1) is 12.0. The maximum atomic E-state index is 12.8. The maximum absolute atomic E-state index is 12.8. The molecule has 0 saturated carbocycles. The fraction of sp³-hybridized carbons (Fsp3) is 0.0909. The number of halogens is 2. The normalized spacial score (nSPS) is 10.3. The van der Waals surface area contributed by atoms with Crippen LogP contribution >= 0.6 is 22.9 Å². The monoisotopic (exact) mass is 270 g/mol. The highest BCUT2D eigenvalue weighted by atomic mass is 35.5. The van der Waals surface area contributed by atoms with Crippen LogP contribution in [0.5, 0.6) is 0 Å². The number of nitrogens with one attached hydrogen (secondary N) is 1. The molecule has 0 aliphatic carbocycles. The number of hydrogen-bond donors (Lipinski definition) is 1. The number of aromatic nitrogens is 1. The average Bonchev–Trinajstić information content (AvgIpc) is 2.63. The van der Waals surface area contributed by atoms with E-state index in [0.29, 0.717) is 5.13 Å². The molecule has 1 aromatic carbocycles. The first-order chi connectivity index (χ1) is 8.06. The number of rotatable bonds is 2. The van der Waals surface area contributed by atoms with Crippen LogP contribution in [0.15, 0.2) is 23.6 Å². The molecule has 0 aliphatic rings. The third kappa shape index (κ3) is 2.81. The lowest BCUT2D eigenvalue weighted by molar-refractivity contribution is 0.102. The van der Waals surface area contributed by atoms with Gasteiger partial charge in [0.25, 0.3) is 5.91 Å². The number of aryl methyl sites for hydroxylation is 1. The summed E-state index contributed by atoms with van der Waals surface area (Å²) in [7, 11) is 0. The molecule has 0 atom stereocenters. The molecule has 88 valence electrons. The van der Waals surface area contributed by atoms with Crippen LogP contribution < -0.4 is 5.32 Å². The first-order valence-electron chi connectivity index (χ1n) is 4.75. The third-order valence-corrected chi connectivity index (χ3v) is 3.20. The minimum absolute atomic E-state index is 0.0794. The van der Waals surface area contributed by atoms with Crippen molar-refractivity contribution in [3.63, 3.8) is 0 Å². The van der Waals surface area contributed by atoms with Gasteiger partial charge in [0.1, 0.15) is 5.82 Å². The lowest BCUT2D eigenvalue weighted by atomic mass is 10.2. The van der Waals surface area contributed by atoms with E-state index in [2.05, 4.69) is 10.3 Å². The van der Waals surface area contributed by atoms with E-state index >= 15 is 0 Å². The Labute approximate surface area is 106 Å². The topological polar surface area (TPSA) is 42.0 Å². The Morgan fingerprint density at radius 1 is 1.53 bits per heavy atom. The molecule has 0 bridgehead atoms. The van der Waals surface area contributed by atoms with Gasteiger partial charge >= 0.3 is 0 Å². The molecule has 1 heterocycles. The van der Waals surface area contributed by atoms with Gasteiger partial charge < -0.3 is 0 Å². The van der Waals surface area contributed by atoms with Gasteiger partial charge in [-0.25, -0.2) is 9.37 Å². The van der Waals surface area contributed by atoms with E-state index in [1.807, 2.05) is 12.3 Å². The van der Waals surface area contributed by atoms with Crippen molar-refractivity contribution in [2.45, 2.75) is 6.92 Å². The van der Waals surface area contributed by atoms with Crippen molar-refractivity contribution in [3.8, 4) is 0 Å². The molecule has 6 heteroatoms. The fourth-order valence-corrected chi connectivity index (χ4v) is 2.19. The Morgan fingerprint density at radius 2 is 2.29 bits per heavy atom. The summed E-state index contributed by atoms with van der Waals surface area (Å²) in [6.07, 6.45) is 0. The molecule has 17 heavy (non-hydrogen) atoms. The highest BCUT2D eigenvalue weighted by Gasteiger charge is 2.12. The van der Waals surface area contributed by atoms with Gasteiger partial charge in [-0.2, -0.15) is 0 Å². The van der Waals surface area contributed by atoms with Gasteiger partial charge in [-0.3, -0.25) is 10.1 Å². The quantitative estimate of drug-likeness (QED) is 0.907. The fourth-order valence-electron chi connectivity index (χ4n) is 1.25. The summed E-state index contributed by atoms with van der Waals surface area (Å²) in [6.45, 7) is 1.83. The van der Waals surface area contributed by atoms with Gasteiger partial charge in [0.05, 0.1) is 16.3 Å². The number of amides is 1. The second-order valence-corrected chi connectivity index (χ2v) is 4.64. The molecule has 1 N–H and O–H groups in total. The van der Waals surface area contributed by atoms with Crippen LogP contribution in [0.2, 0.25) is 5.02 Å². The van der Waals surface area contributed by atoms with Crippen LogP contribution in [0.25, 0.3) is 0 Å². The second kappa shape index (κ2) is 4.81. The lowest BCUT2D eigenvalue weighted by Gasteiger charge is -2.03. The SMILES string of the molecule is Cc1csc(NC(=O)c2ccc(F)cc2Cl)n1. The minimum Gasteiger partial charge on any atom is -0.298 e. The predicted octanol–water partition coefficient (Wildman–Crippen LogP) is 3.50. The van der Waals surface area contributed by atoms with Crippen LogP contribution in [0.4, 0.5) is 9.52 Å². The standard InChI is InChI=1S/C11H8ClFN2OS/c1-6-5-17-11(14-6)15-10(16)8-3-2-7(13)4-9(8)12/h2-5H,1H3,(H,14,15,16). The average molecular weight is 271 g/mol. The summed E-state index contributed by atoms with van der Waals surface area (Å²) in [5.41, 5.74) is 1.05. The van der Waals surface area contributed by atoms with Gasteiger partial charge in [-0.05, 0) is 25.1 Å². The molecule has 0 saturated heterocycles. The van der Waals surface area contributed by atoms with Crippen LogP contribution in [0, 0.1) is 12.7 Å². The van der Waals surface area contributed by atoms with Crippen LogP contribution in [-0.2, 0) is 0 Å². The zero-order chi connectivity index (χ0) is 12.4. The van der Waals surface area contributed by atoms with Crippen molar-refractivity contribution >= 4 is 34.0 Å². The minimum atomic E-state index is -0.475. The number of hydrogen-bond acceptors (Lipinski definition) is 3. The third-order valence-electron chi connectivity index (χ3n) is 2.02. The van der Waals surface area contributed by atoms with Crippen molar-refractivity contribution < 1.29 is 9.18 Å². The van der Waals surface area contributed by atoms with Gasteiger partial charge in [0, 0.05) is 5.38 Å². The molecule has 0 spiro atoms. The van der Waals surface area contributed by atoms with Gasteiger partial charge in [-0.1, -0.05) is 11.6 Å². The maximum Gasteiger partial charge on any atom is 0.258 e. The van der Waals surface area contributed by atoms with Crippen LogP contribution in [0.3, 0.4) is 0 Å². The molecule has 2 aromatic rings. The van der Waals surface area contributed by atoms with Crippen LogP contribution in [-0.4, -0.2) is 10.9 Å². The molecule has 2 rings (SSSR count). The van der Waals surface area contributed by atoms with Crippen molar-refractivity contribution in [2.24, 2.45) is 0 Å². The Hall–Kier alpha value is -1.46. The zero-order valence-electron chi connectivity index (χ0n) is 8.83. The highest BCUT2D eigenvalue weighted by molar-refractivity contribution is 7.13. The summed E-state index contributed by atoms with van der Waals surface area (Å²) < 4.78 is 12.8. The van der Waals surface area contributed by atoms with Crippen molar-refractivity contribution in [1.82, 2.24) is 4.98 Å². The van der Waals surface area contributed by atoms with Gasteiger partial charge in [-0.15, -0.1) is 11.3 Å². The van der Waals surface area contributed by atoms with Crippen molar-refractivity contribution in [3.05, 3.63) is 45.7 Å². The smallest absolute Gasteiger partial charge is 0.258 e. The summed E-state index contributed by atoms with van der Waals surface area (Å²) in [4.78, 5) is 15.9. The summed E-state index contributed by atoms with van der Waals surface area (Å²) in [6, 6.07) is 3.63. The highest BCUT2D eigenvalue weighted by Crippen LogP contribution is 2.20. The Bertz CT molecular complexity index is 570. The Balaban J connectivity index is 2.20. The Morgan fingerprint density at radius 3 is 2.88 bits per heavy atom. The van der Waals surface area contributed by atoms with Crippen molar-refractivity contribution in [2.75, 3.05) is 5.32 Å². The molecule has 1 aromatic heterocycles. The lowest BCUT2D eigenvalue weighted by Crippen LogP contribution is -2.12. The van der Waals surface area contributed by atoms with Crippen molar-refractivity contribution in [1.29, 1.82) is 0 Å². The summed E-state index contributed by atoms with van der Waals surface area (Å²) >= 11 is 7.10. The molecule has 3 nitrogen and oxygen atoms in total. The largest absolute Gasteiger partial charge is 0.298 e. The number of carbonyl (C=O) groups is 1. The molecule has 0 aliphatic heterocycles. The molecular formula is C11H8ClFN2OS. The molecule has 0 radical (unpaired) electrons. The van der Waals surface area contributed by atoms with E-state index in [4.69, 9.17) is 11.6 Å². The van der Waals surface area contributed by atoms with Crippen LogP contribution in [0.1, 0.15) is 16.1 Å². The molecule has 0 unspecified atom stereocenters. The molecular weight excluding hydrogens is 263 g/mol. The number of benzene rings is 1. The van der Waals surface area contributed by atoms with E-state index in [-0.39, 0.29) is 10.6 Å². The zero-order valence-corrected chi connectivity index (χ0v) is 10.4. The van der Waals surface area contributed by atoms with E-state index in [0.717, 1.165) is 11.8 Å². The number of thiazole rings is 1. The molecule has 1 amide bonds. The van der Waals surface area contributed by atoms with E-state index in [1.54, 1.807) is 0 Å². The first-order valence-corrected chi connectivity index (χ1v) is 6.00. The molecule has 0 fully saturated rings. The number of nitrogens with zero attached hydrogens (tertiary/aromatic N) is 1. The van der Waals surface area contributed by atoms with E-state index in [9.17, 15) is 9.18 Å². The van der Waals surface area contributed by atoms with E-state index in [1.165, 1.54) is 23.5 Å². The van der Waals surface area contributed by atoms with E-state index < -0.39 is 11.7 Å². The summed E-state index contributed by atoms with van der Waals surface area (Å²) in [5.74, 6) is -0.874. The Kier molecular flexibility index (Phi) is 3.40. The number of anilines is 1. The van der Waals surface area contributed by atoms with Gasteiger partial charge in [0.2, 0.25) is 0 Å². The number of carbonyl (C=O) groups excluding carboxylic acids is 1. The van der Waals surface area contributed by atoms with Gasteiger partial charge in [0.15, 0.2) is 5.13 Å². The summed E-state index contributed by atoms with van der Waals surface area (Å²) in [5, 5.41) is 5.00. The second-order valence-electron chi connectivity index (χ2n) is 3.37.